The maximum absolute atomic E-state index is 12.4. The summed E-state index contributed by atoms with van der Waals surface area (Å²) in [4.78, 5) is 24.8. The first-order valence-corrected chi connectivity index (χ1v) is 6.31. The van der Waals surface area contributed by atoms with Gasteiger partial charge in [-0.3, -0.25) is 9.59 Å². The van der Waals surface area contributed by atoms with Crippen LogP contribution in [0, 0.1) is 0 Å². The van der Waals surface area contributed by atoms with Gasteiger partial charge >= 0.3 is 5.97 Å². The van der Waals surface area contributed by atoms with Crippen molar-refractivity contribution in [3.8, 4) is 0 Å². The summed E-state index contributed by atoms with van der Waals surface area (Å²) in [5, 5.41) is 12.0. The highest BCUT2D eigenvalue weighted by atomic mass is 16.4. The topological polar surface area (TPSA) is 69.6 Å². The van der Waals surface area contributed by atoms with Crippen molar-refractivity contribution in [2.75, 3.05) is 13.1 Å². The van der Waals surface area contributed by atoms with Gasteiger partial charge in [0.1, 0.15) is 0 Å². The molecule has 0 aromatic rings. The Kier molecular flexibility index (Phi) is 3.38. The fourth-order valence-electron chi connectivity index (χ4n) is 2.45. The van der Waals surface area contributed by atoms with E-state index in [-0.39, 0.29) is 18.4 Å². The van der Waals surface area contributed by atoms with Gasteiger partial charge < -0.3 is 15.3 Å². The van der Waals surface area contributed by atoms with E-state index in [0.29, 0.717) is 6.54 Å². The zero-order chi connectivity index (χ0) is 12.5. The number of carboxylic acids is 1. The molecule has 1 saturated carbocycles. The van der Waals surface area contributed by atoms with Crippen LogP contribution in [0.15, 0.2) is 0 Å². The van der Waals surface area contributed by atoms with Gasteiger partial charge in [-0.05, 0) is 39.2 Å². The number of rotatable bonds is 5. The van der Waals surface area contributed by atoms with Crippen molar-refractivity contribution in [3.05, 3.63) is 0 Å². The second kappa shape index (κ2) is 4.64. The highest BCUT2D eigenvalue weighted by Crippen LogP contribution is 2.31. The molecule has 5 nitrogen and oxygen atoms in total. The molecule has 2 rings (SSSR count). The Balaban J connectivity index is 1.99. The quantitative estimate of drug-likeness (QED) is 0.738. The van der Waals surface area contributed by atoms with Crippen molar-refractivity contribution < 1.29 is 14.7 Å². The maximum atomic E-state index is 12.4. The molecule has 1 heterocycles. The Hall–Kier alpha value is -1.10. The predicted octanol–water partition coefficient (Wildman–Crippen LogP) is 0.594. The number of nitrogens with zero attached hydrogens (tertiary/aromatic N) is 1. The molecule has 0 spiro atoms. The van der Waals surface area contributed by atoms with Crippen LogP contribution < -0.4 is 5.32 Å². The van der Waals surface area contributed by atoms with Gasteiger partial charge in [-0.1, -0.05) is 0 Å². The van der Waals surface area contributed by atoms with Crippen molar-refractivity contribution in [3.63, 3.8) is 0 Å². The van der Waals surface area contributed by atoms with Gasteiger partial charge in [-0.25, -0.2) is 0 Å². The number of hydrogen-bond donors (Lipinski definition) is 2. The van der Waals surface area contributed by atoms with Crippen LogP contribution in [0.4, 0.5) is 0 Å². The minimum Gasteiger partial charge on any atom is -0.481 e. The molecule has 96 valence electrons. The Morgan fingerprint density at radius 2 is 2.18 bits per heavy atom. The molecule has 17 heavy (non-hydrogen) atoms. The van der Waals surface area contributed by atoms with Gasteiger partial charge in [0.15, 0.2) is 0 Å². The number of aliphatic carboxylic acids is 1. The van der Waals surface area contributed by atoms with Gasteiger partial charge in [0.05, 0.1) is 12.0 Å². The fraction of sp³-hybridized carbons (Fsp3) is 0.833. The second-order valence-corrected chi connectivity index (χ2v) is 5.24. The Morgan fingerprint density at radius 3 is 2.65 bits per heavy atom. The van der Waals surface area contributed by atoms with Crippen LogP contribution in [0.5, 0.6) is 0 Å². The molecule has 1 aliphatic heterocycles. The van der Waals surface area contributed by atoms with E-state index in [1.807, 2.05) is 6.92 Å². The number of carbonyl (C=O) groups excluding carboxylic acids is 1. The van der Waals surface area contributed by atoms with Crippen LogP contribution in [0.2, 0.25) is 0 Å². The largest absolute Gasteiger partial charge is 0.481 e. The Bertz CT molecular complexity index is 320. The summed E-state index contributed by atoms with van der Waals surface area (Å²) >= 11 is 0. The third kappa shape index (κ3) is 2.77. The molecule has 0 bridgehead atoms. The van der Waals surface area contributed by atoms with Gasteiger partial charge in [0.2, 0.25) is 5.91 Å². The summed E-state index contributed by atoms with van der Waals surface area (Å²) in [5.74, 6) is -0.758. The van der Waals surface area contributed by atoms with Crippen LogP contribution in [-0.2, 0) is 9.59 Å². The molecular weight excluding hydrogens is 220 g/mol. The van der Waals surface area contributed by atoms with Crippen molar-refractivity contribution in [1.29, 1.82) is 0 Å². The molecule has 2 fully saturated rings. The van der Waals surface area contributed by atoms with Gasteiger partial charge in [0.25, 0.3) is 0 Å². The zero-order valence-corrected chi connectivity index (χ0v) is 10.2. The maximum Gasteiger partial charge on any atom is 0.305 e. The number of hydrogen-bond acceptors (Lipinski definition) is 3. The number of nitrogens with one attached hydrogen (secondary N) is 1. The highest BCUT2D eigenvalue weighted by Gasteiger charge is 2.43. The average molecular weight is 240 g/mol. The SMILES string of the molecule is CC1(C(=O)N(CCC(=O)O)C2CC2)CCCN1. The lowest BCUT2D eigenvalue weighted by Crippen LogP contribution is -2.54. The molecule has 2 aliphatic rings. The van der Waals surface area contributed by atoms with E-state index in [1.165, 1.54) is 0 Å². The van der Waals surface area contributed by atoms with Gasteiger partial charge in [-0.2, -0.15) is 0 Å². The fourth-order valence-corrected chi connectivity index (χ4v) is 2.45. The van der Waals surface area contributed by atoms with Crippen LogP contribution in [-0.4, -0.2) is 46.6 Å². The summed E-state index contributed by atoms with van der Waals surface area (Å²) < 4.78 is 0. The smallest absolute Gasteiger partial charge is 0.305 e. The molecule has 5 heteroatoms. The minimum absolute atomic E-state index is 0.0400. The van der Waals surface area contributed by atoms with Gasteiger partial charge in [0, 0.05) is 12.6 Å². The standard InChI is InChI=1S/C12H20N2O3/c1-12(6-2-7-13-12)11(17)14(9-3-4-9)8-5-10(15)16/h9,13H,2-8H2,1H3,(H,15,16). The predicted molar refractivity (Wildman–Crippen MR) is 62.6 cm³/mol. The van der Waals surface area contributed by atoms with Crippen molar-refractivity contribution in [2.45, 2.75) is 50.6 Å². The van der Waals surface area contributed by atoms with E-state index >= 15 is 0 Å². The molecule has 1 amide bonds. The van der Waals surface area contributed by atoms with Crippen molar-refractivity contribution >= 4 is 11.9 Å². The molecule has 0 radical (unpaired) electrons. The van der Waals surface area contributed by atoms with Crippen LogP contribution in [0.1, 0.15) is 39.0 Å². The second-order valence-electron chi connectivity index (χ2n) is 5.24. The summed E-state index contributed by atoms with van der Waals surface area (Å²) in [6.45, 7) is 3.15. The van der Waals surface area contributed by atoms with E-state index in [1.54, 1.807) is 4.90 Å². The molecule has 2 N–H and O–H groups in total. The molecule has 0 aromatic heterocycles. The molecule has 1 atom stereocenters. The Morgan fingerprint density at radius 1 is 1.47 bits per heavy atom. The molecule has 1 saturated heterocycles. The van der Waals surface area contributed by atoms with Crippen LogP contribution in [0.3, 0.4) is 0 Å². The van der Waals surface area contributed by atoms with Gasteiger partial charge in [-0.15, -0.1) is 0 Å². The summed E-state index contributed by atoms with van der Waals surface area (Å²) in [6, 6.07) is 0.279. The van der Waals surface area contributed by atoms with E-state index in [4.69, 9.17) is 5.11 Å². The summed E-state index contributed by atoms with van der Waals surface area (Å²) in [6.07, 6.45) is 3.93. The highest BCUT2D eigenvalue weighted by molar-refractivity contribution is 5.87. The molecule has 1 unspecified atom stereocenters. The van der Waals surface area contributed by atoms with E-state index in [0.717, 1.165) is 32.2 Å². The van der Waals surface area contributed by atoms with E-state index < -0.39 is 11.5 Å². The molecular formula is C12H20N2O3. The lowest BCUT2D eigenvalue weighted by Gasteiger charge is -2.31. The minimum atomic E-state index is -0.840. The van der Waals surface area contributed by atoms with Crippen molar-refractivity contribution in [1.82, 2.24) is 10.2 Å². The third-order valence-electron chi connectivity index (χ3n) is 3.66. The first-order valence-electron chi connectivity index (χ1n) is 6.31. The lowest BCUT2D eigenvalue weighted by atomic mass is 9.98. The zero-order valence-electron chi connectivity index (χ0n) is 10.2. The lowest BCUT2D eigenvalue weighted by molar-refractivity contribution is -0.141. The van der Waals surface area contributed by atoms with E-state index in [2.05, 4.69) is 5.32 Å². The summed E-state index contributed by atoms with van der Waals surface area (Å²) in [5.41, 5.74) is -0.471. The first kappa shape index (κ1) is 12.4. The van der Waals surface area contributed by atoms with E-state index in [9.17, 15) is 9.59 Å². The molecule has 0 aromatic carbocycles. The molecule has 1 aliphatic carbocycles. The van der Waals surface area contributed by atoms with Crippen LogP contribution in [0.25, 0.3) is 0 Å². The monoisotopic (exact) mass is 240 g/mol. The normalized spacial score (nSPS) is 28.1. The van der Waals surface area contributed by atoms with Crippen LogP contribution >= 0.6 is 0 Å². The van der Waals surface area contributed by atoms with Crippen molar-refractivity contribution in [2.24, 2.45) is 0 Å². The third-order valence-corrected chi connectivity index (χ3v) is 3.66. The summed E-state index contributed by atoms with van der Waals surface area (Å²) in [7, 11) is 0. The number of amides is 1. The average Bonchev–Trinajstić information content (AvgIpc) is 3.01. The first-order chi connectivity index (χ1) is 8.03. The number of carboxylic acid groups (broad SMARTS) is 1. The Labute approximate surface area is 101 Å². The number of carbonyl (C=O) groups is 2.